The zero-order valence-corrected chi connectivity index (χ0v) is 11.5. The van der Waals surface area contributed by atoms with Crippen LogP contribution >= 0.6 is 0 Å². The molecule has 1 aromatic rings. The molecule has 4 atom stereocenters. The highest BCUT2D eigenvalue weighted by Gasteiger charge is 2.62. The van der Waals surface area contributed by atoms with Gasteiger partial charge in [-0.2, -0.15) is 5.26 Å². The van der Waals surface area contributed by atoms with Crippen LogP contribution in [0.5, 0.6) is 0 Å². The molecule has 0 amide bonds. The summed E-state index contributed by atoms with van der Waals surface area (Å²) in [5.41, 5.74) is -0.666. The monoisotopic (exact) mass is 255 g/mol. The maximum atomic E-state index is 11.3. The van der Waals surface area contributed by atoms with Crippen molar-refractivity contribution in [3.8, 4) is 6.07 Å². The predicted octanol–water partition coefficient (Wildman–Crippen LogP) is 3.61. The van der Waals surface area contributed by atoms with Crippen molar-refractivity contribution in [1.29, 1.82) is 5.26 Å². The summed E-state index contributed by atoms with van der Waals surface area (Å²) in [5, 5.41) is 21.2. The third-order valence-corrected chi connectivity index (χ3v) is 5.55. The second kappa shape index (κ2) is 4.35. The van der Waals surface area contributed by atoms with E-state index in [0.29, 0.717) is 18.3 Å². The molecular formula is C17H21NO. The van der Waals surface area contributed by atoms with E-state index in [-0.39, 0.29) is 0 Å². The van der Waals surface area contributed by atoms with Crippen molar-refractivity contribution < 1.29 is 5.11 Å². The van der Waals surface area contributed by atoms with Gasteiger partial charge >= 0.3 is 0 Å². The first-order valence-corrected chi connectivity index (χ1v) is 7.35. The van der Waals surface area contributed by atoms with Gasteiger partial charge in [-0.15, -0.1) is 0 Å². The number of hydrogen-bond donors (Lipinski definition) is 1. The second-order valence-corrected chi connectivity index (χ2v) is 6.24. The van der Waals surface area contributed by atoms with Gasteiger partial charge in [0, 0.05) is 0 Å². The van der Waals surface area contributed by atoms with Gasteiger partial charge in [0.1, 0.15) is 5.60 Å². The summed E-state index contributed by atoms with van der Waals surface area (Å²) in [5.74, 6) is 1.01. The van der Waals surface area contributed by atoms with Gasteiger partial charge in [0.05, 0.1) is 11.5 Å². The van der Waals surface area contributed by atoms with E-state index in [9.17, 15) is 10.4 Å². The summed E-state index contributed by atoms with van der Waals surface area (Å²) in [6.45, 7) is 2.00. The Morgan fingerprint density at radius 2 is 2.11 bits per heavy atom. The molecule has 1 N–H and O–H groups in total. The molecule has 2 nitrogen and oxygen atoms in total. The van der Waals surface area contributed by atoms with Crippen LogP contribution in [0.15, 0.2) is 30.3 Å². The van der Waals surface area contributed by atoms with Gasteiger partial charge in [-0.25, -0.2) is 0 Å². The normalized spacial score (nSPS) is 35.8. The Morgan fingerprint density at radius 3 is 2.58 bits per heavy atom. The Kier molecular flexibility index (Phi) is 2.91. The van der Waals surface area contributed by atoms with E-state index in [0.717, 1.165) is 24.8 Å². The van der Waals surface area contributed by atoms with Gasteiger partial charge in [-0.3, -0.25) is 0 Å². The molecule has 4 unspecified atom stereocenters. The van der Waals surface area contributed by atoms with Crippen molar-refractivity contribution in [3.63, 3.8) is 0 Å². The molecule has 0 heterocycles. The van der Waals surface area contributed by atoms with Gasteiger partial charge in [-0.1, -0.05) is 43.7 Å². The molecular weight excluding hydrogens is 234 g/mol. The maximum absolute atomic E-state index is 11.3. The fraction of sp³-hybridized carbons (Fsp3) is 0.588. The van der Waals surface area contributed by atoms with E-state index >= 15 is 0 Å². The van der Waals surface area contributed by atoms with Crippen molar-refractivity contribution in [2.45, 2.75) is 44.6 Å². The van der Waals surface area contributed by atoms with Gasteiger partial charge in [-0.05, 0) is 43.1 Å². The molecule has 0 radical (unpaired) electrons. The Bertz CT molecular complexity index is 506. The van der Waals surface area contributed by atoms with E-state index in [4.69, 9.17) is 0 Å². The minimum Gasteiger partial charge on any atom is -0.383 e. The first-order valence-electron chi connectivity index (χ1n) is 7.35. The molecule has 2 bridgehead atoms. The van der Waals surface area contributed by atoms with Crippen LogP contribution < -0.4 is 0 Å². The number of rotatable bonds is 3. The highest BCUT2D eigenvalue weighted by Crippen LogP contribution is 2.63. The summed E-state index contributed by atoms with van der Waals surface area (Å²) in [6.07, 6.45) is 4.94. The summed E-state index contributed by atoms with van der Waals surface area (Å²) in [7, 11) is 0. The Hall–Kier alpha value is -1.33. The lowest BCUT2D eigenvalue weighted by molar-refractivity contribution is -0.0915. The molecule has 2 saturated carbocycles. The zero-order chi connectivity index (χ0) is 13.5. The first-order chi connectivity index (χ1) is 9.16. The van der Waals surface area contributed by atoms with E-state index in [2.05, 4.69) is 6.07 Å². The molecule has 19 heavy (non-hydrogen) atoms. The molecule has 2 heteroatoms. The van der Waals surface area contributed by atoms with Crippen LogP contribution in [0, 0.1) is 28.6 Å². The van der Waals surface area contributed by atoms with Crippen molar-refractivity contribution in [2.75, 3.05) is 0 Å². The first kappa shape index (κ1) is 12.7. The molecule has 0 aromatic heterocycles. The molecule has 0 aliphatic heterocycles. The van der Waals surface area contributed by atoms with Crippen LogP contribution in [-0.4, -0.2) is 5.11 Å². The minimum atomic E-state index is -0.997. The van der Waals surface area contributed by atoms with E-state index in [1.54, 1.807) is 0 Å². The topological polar surface area (TPSA) is 44.0 Å². The van der Waals surface area contributed by atoms with Gasteiger partial charge < -0.3 is 5.11 Å². The molecule has 0 spiro atoms. The third-order valence-electron chi connectivity index (χ3n) is 5.55. The maximum Gasteiger partial charge on any atom is 0.108 e. The molecule has 3 rings (SSSR count). The Balaban J connectivity index is 2.09. The fourth-order valence-electron chi connectivity index (χ4n) is 4.56. The average molecular weight is 255 g/mol. The van der Waals surface area contributed by atoms with Crippen LogP contribution in [0.2, 0.25) is 0 Å². The fourth-order valence-corrected chi connectivity index (χ4v) is 4.56. The third kappa shape index (κ3) is 1.58. The molecule has 2 fully saturated rings. The highest BCUT2D eigenvalue weighted by molar-refractivity contribution is 5.32. The largest absolute Gasteiger partial charge is 0.383 e. The van der Waals surface area contributed by atoms with Crippen molar-refractivity contribution in [2.24, 2.45) is 17.3 Å². The minimum absolute atomic E-state index is 0.368. The summed E-state index contributed by atoms with van der Waals surface area (Å²) < 4.78 is 0. The predicted molar refractivity (Wildman–Crippen MR) is 74.1 cm³/mol. The van der Waals surface area contributed by atoms with Crippen LogP contribution in [0.4, 0.5) is 0 Å². The van der Waals surface area contributed by atoms with Crippen LogP contribution in [0.1, 0.15) is 44.6 Å². The lowest BCUT2D eigenvalue weighted by Crippen LogP contribution is -2.48. The van der Waals surface area contributed by atoms with Crippen molar-refractivity contribution in [1.82, 2.24) is 0 Å². The van der Waals surface area contributed by atoms with Gasteiger partial charge in [0.2, 0.25) is 0 Å². The standard InChI is InChI=1S/C17H21NO/c1-2-17(19,14-6-4-3-5-7-14)16(12-18)11-13-8-9-15(16)10-13/h3-7,13,15,19H,2,8-11H2,1H3. The Morgan fingerprint density at radius 1 is 1.37 bits per heavy atom. The van der Waals surface area contributed by atoms with Crippen LogP contribution in [0.3, 0.4) is 0 Å². The quantitative estimate of drug-likeness (QED) is 0.896. The van der Waals surface area contributed by atoms with Crippen LogP contribution in [0.25, 0.3) is 0 Å². The summed E-state index contributed by atoms with van der Waals surface area (Å²) >= 11 is 0. The number of nitrogens with zero attached hydrogens (tertiary/aromatic N) is 1. The number of nitriles is 1. The van der Waals surface area contributed by atoms with E-state index < -0.39 is 11.0 Å². The van der Waals surface area contributed by atoms with E-state index in [1.165, 1.54) is 6.42 Å². The second-order valence-electron chi connectivity index (χ2n) is 6.24. The lowest BCUT2D eigenvalue weighted by Gasteiger charge is -2.45. The number of aliphatic hydroxyl groups is 1. The van der Waals surface area contributed by atoms with E-state index in [1.807, 2.05) is 37.3 Å². The number of fused-ring (bicyclic) bond motifs is 2. The molecule has 0 saturated heterocycles. The molecule has 2 aliphatic carbocycles. The number of benzene rings is 1. The van der Waals surface area contributed by atoms with Crippen molar-refractivity contribution in [3.05, 3.63) is 35.9 Å². The lowest BCUT2D eigenvalue weighted by atomic mass is 9.60. The smallest absolute Gasteiger partial charge is 0.108 e. The summed E-state index contributed by atoms with van der Waals surface area (Å²) in [6, 6.07) is 12.3. The molecule has 1 aromatic carbocycles. The molecule has 100 valence electrons. The van der Waals surface area contributed by atoms with Gasteiger partial charge in [0.15, 0.2) is 0 Å². The SMILES string of the molecule is CCC(O)(c1ccccc1)C1(C#N)CC2CCC1C2. The van der Waals surface area contributed by atoms with Crippen molar-refractivity contribution >= 4 is 0 Å². The number of hydrogen-bond acceptors (Lipinski definition) is 2. The Labute approximate surface area is 115 Å². The summed E-state index contributed by atoms with van der Waals surface area (Å²) in [4.78, 5) is 0. The average Bonchev–Trinajstić information content (AvgIpc) is 3.08. The molecule has 2 aliphatic rings. The van der Waals surface area contributed by atoms with Crippen LogP contribution in [-0.2, 0) is 5.60 Å². The highest BCUT2D eigenvalue weighted by atomic mass is 16.3. The zero-order valence-electron chi connectivity index (χ0n) is 11.5. The van der Waals surface area contributed by atoms with Gasteiger partial charge in [0.25, 0.3) is 0 Å².